The summed E-state index contributed by atoms with van der Waals surface area (Å²) in [6.07, 6.45) is 1.80. The molecular formula is C14H22N4. The molecule has 0 aliphatic rings. The molecule has 1 aromatic rings. The molecule has 0 radical (unpaired) electrons. The summed E-state index contributed by atoms with van der Waals surface area (Å²) in [5.41, 5.74) is 2.57. The Morgan fingerprint density at radius 2 is 2.22 bits per heavy atom. The number of hydrogen-bond acceptors (Lipinski definition) is 4. The molecule has 0 aliphatic heterocycles. The van der Waals surface area contributed by atoms with Gasteiger partial charge >= 0.3 is 0 Å². The summed E-state index contributed by atoms with van der Waals surface area (Å²) in [5, 5.41) is 14.2. The molecule has 0 aliphatic carbocycles. The Morgan fingerprint density at radius 3 is 2.67 bits per heavy atom. The number of pyridine rings is 1. The minimum atomic E-state index is 0.347. The van der Waals surface area contributed by atoms with Crippen LogP contribution in [0.1, 0.15) is 37.8 Å². The Hall–Kier alpha value is -1.84. The van der Waals surface area contributed by atoms with Crippen LogP contribution in [0.25, 0.3) is 0 Å². The lowest BCUT2D eigenvalue weighted by molar-refractivity contribution is 0.860. The maximum atomic E-state index is 7.91. The van der Waals surface area contributed by atoms with Crippen molar-refractivity contribution in [1.82, 2.24) is 4.98 Å². The Balaban J connectivity index is 3.33. The van der Waals surface area contributed by atoms with Crippen LogP contribution in [0.2, 0.25) is 0 Å². The van der Waals surface area contributed by atoms with Gasteiger partial charge in [0, 0.05) is 24.9 Å². The third-order valence-electron chi connectivity index (χ3n) is 2.71. The van der Waals surface area contributed by atoms with Gasteiger partial charge in [0.15, 0.2) is 0 Å². The number of aromatic nitrogens is 1. The van der Waals surface area contributed by atoms with Crippen molar-refractivity contribution in [3.05, 3.63) is 29.8 Å². The molecule has 0 unspecified atom stereocenters. The summed E-state index contributed by atoms with van der Waals surface area (Å²) in [6.45, 7) is 10.4. The van der Waals surface area contributed by atoms with Crippen LogP contribution < -0.4 is 10.6 Å². The zero-order valence-electron chi connectivity index (χ0n) is 11.6. The van der Waals surface area contributed by atoms with Gasteiger partial charge < -0.3 is 16.0 Å². The van der Waals surface area contributed by atoms with E-state index >= 15 is 0 Å². The molecule has 0 spiro atoms. The SMILES string of the molecule is C=CCNc1cc(C(C)C)c(C(C)=N)c(NC)n1. The molecule has 0 amide bonds. The van der Waals surface area contributed by atoms with Crippen molar-refractivity contribution in [1.29, 1.82) is 5.41 Å². The van der Waals surface area contributed by atoms with Gasteiger partial charge in [0.25, 0.3) is 0 Å². The van der Waals surface area contributed by atoms with Crippen molar-refractivity contribution in [2.75, 3.05) is 24.2 Å². The topological polar surface area (TPSA) is 60.8 Å². The van der Waals surface area contributed by atoms with Gasteiger partial charge in [0.1, 0.15) is 11.6 Å². The molecule has 18 heavy (non-hydrogen) atoms. The molecule has 1 heterocycles. The second kappa shape index (κ2) is 6.19. The minimum absolute atomic E-state index is 0.347. The van der Waals surface area contributed by atoms with Crippen LogP contribution in [0, 0.1) is 5.41 Å². The lowest BCUT2D eigenvalue weighted by Gasteiger charge is -2.18. The summed E-state index contributed by atoms with van der Waals surface area (Å²) in [4.78, 5) is 4.48. The molecule has 1 rings (SSSR count). The molecule has 1 aromatic heterocycles. The normalized spacial score (nSPS) is 10.3. The average molecular weight is 246 g/mol. The van der Waals surface area contributed by atoms with Gasteiger partial charge in [-0.3, -0.25) is 0 Å². The quantitative estimate of drug-likeness (QED) is 0.533. The van der Waals surface area contributed by atoms with Crippen molar-refractivity contribution in [2.45, 2.75) is 26.7 Å². The van der Waals surface area contributed by atoms with Crippen LogP contribution in [0.15, 0.2) is 18.7 Å². The first-order chi connectivity index (χ1) is 8.51. The molecule has 0 bridgehead atoms. The van der Waals surface area contributed by atoms with Crippen LogP contribution in [0.5, 0.6) is 0 Å². The van der Waals surface area contributed by atoms with E-state index in [0.29, 0.717) is 18.2 Å². The first-order valence-corrected chi connectivity index (χ1v) is 6.14. The highest BCUT2D eigenvalue weighted by Crippen LogP contribution is 2.28. The van der Waals surface area contributed by atoms with Crippen LogP contribution in [-0.4, -0.2) is 24.3 Å². The molecule has 4 nitrogen and oxygen atoms in total. The van der Waals surface area contributed by atoms with Gasteiger partial charge in [0.05, 0.1) is 0 Å². The van der Waals surface area contributed by atoms with E-state index in [1.165, 1.54) is 0 Å². The predicted molar refractivity (Wildman–Crippen MR) is 79.1 cm³/mol. The van der Waals surface area contributed by atoms with E-state index in [1.54, 1.807) is 13.0 Å². The Bertz CT molecular complexity index is 449. The fraction of sp³-hybridized carbons (Fsp3) is 0.429. The highest BCUT2D eigenvalue weighted by atomic mass is 15.1. The molecule has 0 saturated carbocycles. The van der Waals surface area contributed by atoms with Gasteiger partial charge in [-0.05, 0) is 24.5 Å². The fourth-order valence-electron chi connectivity index (χ4n) is 1.86. The van der Waals surface area contributed by atoms with Crippen LogP contribution in [-0.2, 0) is 0 Å². The van der Waals surface area contributed by atoms with E-state index in [-0.39, 0.29) is 0 Å². The van der Waals surface area contributed by atoms with Crippen molar-refractivity contribution in [3.63, 3.8) is 0 Å². The maximum absolute atomic E-state index is 7.91. The van der Waals surface area contributed by atoms with E-state index in [1.807, 2.05) is 13.1 Å². The maximum Gasteiger partial charge on any atom is 0.137 e. The zero-order valence-corrected chi connectivity index (χ0v) is 11.6. The van der Waals surface area contributed by atoms with Gasteiger partial charge in [-0.25, -0.2) is 4.98 Å². The third kappa shape index (κ3) is 3.09. The summed E-state index contributed by atoms with van der Waals surface area (Å²) < 4.78 is 0. The molecule has 0 aromatic carbocycles. The van der Waals surface area contributed by atoms with Gasteiger partial charge in [-0.15, -0.1) is 6.58 Å². The van der Waals surface area contributed by atoms with Crippen LogP contribution in [0.4, 0.5) is 11.6 Å². The Kier molecular flexibility index (Phi) is 4.89. The largest absolute Gasteiger partial charge is 0.373 e. The van der Waals surface area contributed by atoms with Crippen LogP contribution >= 0.6 is 0 Å². The second-order valence-corrected chi connectivity index (χ2v) is 4.52. The van der Waals surface area contributed by atoms with Gasteiger partial charge in [-0.2, -0.15) is 0 Å². The Morgan fingerprint density at radius 1 is 1.56 bits per heavy atom. The Labute approximate surface area is 109 Å². The molecule has 0 fully saturated rings. The van der Waals surface area contributed by atoms with Gasteiger partial charge in [-0.1, -0.05) is 19.9 Å². The fourth-order valence-corrected chi connectivity index (χ4v) is 1.86. The van der Waals surface area contributed by atoms with Crippen molar-refractivity contribution >= 4 is 17.3 Å². The summed E-state index contributed by atoms with van der Waals surface area (Å²) in [5.74, 6) is 1.91. The summed E-state index contributed by atoms with van der Waals surface area (Å²) >= 11 is 0. The predicted octanol–water partition coefficient (Wildman–Crippen LogP) is 3.23. The summed E-state index contributed by atoms with van der Waals surface area (Å²) in [7, 11) is 1.83. The molecular weight excluding hydrogens is 224 g/mol. The first-order valence-electron chi connectivity index (χ1n) is 6.14. The highest BCUT2D eigenvalue weighted by Gasteiger charge is 2.15. The lowest BCUT2D eigenvalue weighted by atomic mass is 9.95. The van der Waals surface area contributed by atoms with Crippen molar-refractivity contribution in [3.8, 4) is 0 Å². The monoisotopic (exact) mass is 246 g/mol. The molecule has 3 N–H and O–H groups in total. The number of rotatable bonds is 6. The third-order valence-corrected chi connectivity index (χ3v) is 2.71. The van der Waals surface area contributed by atoms with Crippen LogP contribution in [0.3, 0.4) is 0 Å². The van der Waals surface area contributed by atoms with E-state index in [0.717, 1.165) is 22.8 Å². The van der Waals surface area contributed by atoms with E-state index < -0.39 is 0 Å². The first kappa shape index (κ1) is 14.2. The van der Waals surface area contributed by atoms with Crippen molar-refractivity contribution < 1.29 is 0 Å². The standard InChI is InChI=1S/C14H22N4/c1-6-7-17-12-8-11(9(2)3)13(10(4)15)14(16-5)18-12/h6,8-9,15H,1,7H2,2-5H3,(H2,16,17,18). The summed E-state index contributed by atoms with van der Waals surface area (Å²) in [6, 6.07) is 2.02. The smallest absolute Gasteiger partial charge is 0.137 e. The highest BCUT2D eigenvalue weighted by molar-refractivity contribution is 6.02. The molecule has 4 heteroatoms. The number of nitrogens with one attached hydrogen (secondary N) is 3. The number of hydrogen-bond donors (Lipinski definition) is 3. The molecule has 0 atom stereocenters. The van der Waals surface area contributed by atoms with E-state index in [2.05, 4.69) is 36.0 Å². The average Bonchev–Trinajstić information content (AvgIpc) is 2.34. The minimum Gasteiger partial charge on any atom is -0.373 e. The molecule has 0 saturated heterocycles. The van der Waals surface area contributed by atoms with E-state index in [9.17, 15) is 0 Å². The van der Waals surface area contributed by atoms with Gasteiger partial charge in [0.2, 0.25) is 0 Å². The van der Waals surface area contributed by atoms with Crippen molar-refractivity contribution in [2.24, 2.45) is 0 Å². The van der Waals surface area contributed by atoms with E-state index in [4.69, 9.17) is 5.41 Å². The number of nitrogens with zero attached hydrogens (tertiary/aromatic N) is 1. The lowest BCUT2D eigenvalue weighted by Crippen LogP contribution is -2.11. The zero-order chi connectivity index (χ0) is 13.7. The number of anilines is 2. The molecule has 98 valence electrons. The second-order valence-electron chi connectivity index (χ2n) is 4.52.